The standard InChI is InChI=1S/C19H16O3/c20-16-11-15(12-17(21)19(16)22)18(13-7-3-1-4-8-13)14-9-5-2-6-10-14/h1-12,18,20-22H. The minimum Gasteiger partial charge on any atom is -0.504 e. The first-order valence-electron chi connectivity index (χ1n) is 7.01. The van der Waals surface area contributed by atoms with E-state index in [1.807, 2.05) is 60.7 Å². The van der Waals surface area contributed by atoms with Crippen LogP contribution < -0.4 is 0 Å². The first-order valence-corrected chi connectivity index (χ1v) is 7.01. The topological polar surface area (TPSA) is 60.7 Å². The van der Waals surface area contributed by atoms with E-state index in [4.69, 9.17) is 0 Å². The fourth-order valence-corrected chi connectivity index (χ4v) is 2.66. The van der Waals surface area contributed by atoms with Gasteiger partial charge in [0, 0.05) is 5.92 Å². The molecular weight excluding hydrogens is 276 g/mol. The zero-order valence-corrected chi connectivity index (χ0v) is 11.8. The van der Waals surface area contributed by atoms with Gasteiger partial charge < -0.3 is 15.3 Å². The van der Waals surface area contributed by atoms with Crippen LogP contribution in [0.25, 0.3) is 0 Å². The van der Waals surface area contributed by atoms with E-state index in [2.05, 4.69) is 0 Å². The van der Waals surface area contributed by atoms with Crippen LogP contribution in [-0.2, 0) is 0 Å². The molecule has 0 spiro atoms. The quantitative estimate of drug-likeness (QED) is 0.505. The summed E-state index contributed by atoms with van der Waals surface area (Å²) in [6.45, 7) is 0. The van der Waals surface area contributed by atoms with Crippen molar-refractivity contribution in [3.05, 3.63) is 89.5 Å². The van der Waals surface area contributed by atoms with E-state index < -0.39 is 5.75 Å². The highest BCUT2D eigenvalue weighted by Gasteiger charge is 2.19. The summed E-state index contributed by atoms with van der Waals surface area (Å²) < 4.78 is 0. The summed E-state index contributed by atoms with van der Waals surface area (Å²) in [7, 11) is 0. The van der Waals surface area contributed by atoms with E-state index in [9.17, 15) is 15.3 Å². The van der Waals surface area contributed by atoms with Crippen molar-refractivity contribution in [1.82, 2.24) is 0 Å². The largest absolute Gasteiger partial charge is 0.504 e. The summed E-state index contributed by atoms with van der Waals surface area (Å²) >= 11 is 0. The van der Waals surface area contributed by atoms with E-state index in [0.717, 1.165) is 11.1 Å². The first kappa shape index (κ1) is 14.0. The van der Waals surface area contributed by atoms with Crippen LogP contribution in [0.2, 0.25) is 0 Å². The van der Waals surface area contributed by atoms with Gasteiger partial charge in [-0.1, -0.05) is 60.7 Å². The number of hydrogen-bond acceptors (Lipinski definition) is 3. The molecule has 0 saturated carbocycles. The molecule has 0 aliphatic heterocycles. The second-order valence-corrected chi connectivity index (χ2v) is 5.16. The number of rotatable bonds is 3. The molecule has 0 radical (unpaired) electrons. The van der Waals surface area contributed by atoms with Crippen LogP contribution in [0.3, 0.4) is 0 Å². The van der Waals surface area contributed by atoms with Gasteiger partial charge in [0.05, 0.1) is 0 Å². The van der Waals surface area contributed by atoms with Gasteiger partial charge in [-0.15, -0.1) is 0 Å². The van der Waals surface area contributed by atoms with Crippen molar-refractivity contribution in [2.75, 3.05) is 0 Å². The molecule has 3 aromatic carbocycles. The number of benzene rings is 3. The van der Waals surface area contributed by atoms with E-state index in [-0.39, 0.29) is 17.4 Å². The molecule has 22 heavy (non-hydrogen) atoms. The fraction of sp³-hybridized carbons (Fsp3) is 0.0526. The van der Waals surface area contributed by atoms with Gasteiger partial charge in [-0.2, -0.15) is 0 Å². The second kappa shape index (κ2) is 5.82. The average molecular weight is 292 g/mol. The molecular formula is C19H16O3. The number of aromatic hydroxyl groups is 3. The van der Waals surface area contributed by atoms with E-state index in [1.54, 1.807) is 0 Å². The van der Waals surface area contributed by atoms with Crippen molar-refractivity contribution >= 4 is 0 Å². The van der Waals surface area contributed by atoms with Crippen LogP contribution in [0.5, 0.6) is 17.2 Å². The lowest BCUT2D eigenvalue weighted by Gasteiger charge is -2.19. The van der Waals surface area contributed by atoms with Crippen LogP contribution in [0.4, 0.5) is 0 Å². The first-order chi connectivity index (χ1) is 10.7. The monoisotopic (exact) mass is 292 g/mol. The molecule has 0 fully saturated rings. The van der Waals surface area contributed by atoms with Gasteiger partial charge in [-0.25, -0.2) is 0 Å². The molecule has 0 aliphatic carbocycles. The molecule has 3 N–H and O–H groups in total. The number of hydrogen-bond donors (Lipinski definition) is 3. The Balaban J connectivity index is 2.19. The third kappa shape index (κ3) is 2.61. The molecule has 0 aliphatic rings. The van der Waals surface area contributed by atoms with Gasteiger partial charge in [0.15, 0.2) is 17.2 Å². The lowest BCUT2D eigenvalue weighted by atomic mass is 9.85. The van der Waals surface area contributed by atoms with Crippen molar-refractivity contribution < 1.29 is 15.3 Å². The highest BCUT2D eigenvalue weighted by molar-refractivity contribution is 5.55. The predicted octanol–water partition coefficient (Wildman–Crippen LogP) is 3.98. The molecule has 0 unspecified atom stereocenters. The summed E-state index contributed by atoms with van der Waals surface area (Å²) in [6, 6.07) is 22.6. The van der Waals surface area contributed by atoms with E-state index in [0.29, 0.717) is 5.56 Å². The summed E-state index contributed by atoms with van der Waals surface area (Å²) in [6.07, 6.45) is 0. The van der Waals surface area contributed by atoms with Crippen molar-refractivity contribution in [2.45, 2.75) is 5.92 Å². The second-order valence-electron chi connectivity index (χ2n) is 5.16. The Bertz CT molecular complexity index is 705. The minimum absolute atomic E-state index is 0.139. The van der Waals surface area contributed by atoms with E-state index in [1.165, 1.54) is 12.1 Å². The van der Waals surface area contributed by atoms with Gasteiger partial charge in [-0.05, 0) is 28.8 Å². The molecule has 3 nitrogen and oxygen atoms in total. The summed E-state index contributed by atoms with van der Waals surface area (Å²) in [5.41, 5.74) is 2.79. The lowest BCUT2D eigenvalue weighted by Crippen LogP contribution is -2.03. The maximum absolute atomic E-state index is 9.81. The molecule has 0 saturated heterocycles. The fourth-order valence-electron chi connectivity index (χ4n) is 2.66. The SMILES string of the molecule is Oc1cc(C(c2ccccc2)c2ccccc2)cc(O)c1O. The molecule has 0 heterocycles. The third-order valence-corrected chi connectivity index (χ3v) is 3.69. The van der Waals surface area contributed by atoms with Crippen LogP contribution >= 0.6 is 0 Å². The van der Waals surface area contributed by atoms with E-state index >= 15 is 0 Å². The predicted molar refractivity (Wildman–Crippen MR) is 85.3 cm³/mol. The Morgan fingerprint density at radius 3 is 1.36 bits per heavy atom. The Labute approximate surface area is 128 Å². The molecule has 0 bridgehead atoms. The Kier molecular flexibility index (Phi) is 3.71. The van der Waals surface area contributed by atoms with Crippen LogP contribution in [0.1, 0.15) is 22.6 Å². The van der Waals surface area contributed by atoms with Gasteiger partial charge in [0.25, 0.3) is 0 Å². The van der Waals surface area contributed by atoms with Crippen LogP contribution in [-0.4, -0.2) is 15.3 Å². The van der Waals surface area contributed by atoms with Crippen molar-refractivity contribution in [3.63, 3.8) is 0 Å². The van der Waals surface area contributed by atoms with Gasteiger partial charge in [-0.3, -0.25) is 0 Å². The van der Waals surface area contributed by atoms with Crippen LogP contribution in [0.15, 0.2) is 72.8 Å². The molecule has 0 aromatic heterocycles. The van der Waals surface area contributed by atoms with Crippen molar-refractivity contribution in [2.24, 2.45) is 0 Å². The minimum atomic E-state index is -0.497. The smallest absolute Gasteiger partial charge is 0.200 e. The summed E-state index contributed by atoms with van der Waals surface area (Å²) in [4.78, 5) is 0. The summed E-state index contributed by atoms with van der Waals surface area (Å²) in [5.74, 6) is -1.29. The normalized spacial score (nSPS) is 10.8. The Morgan fingerprint density at radius 1 is 0.545 bits per heavy atom. The average Bonchev–Trinajstić information content (AvgIpc) is 2.55. The maximum atomic E-state index is 9.81. The highest BCUT2D eigenvalue weighted by Crippen LogP contribution is 2.41. The molecule has 0 amide bonds. The summed E-state index contributed by atoms with van der Waals surface area (Å²) in [5, 5.41) is 29.2. The maximum Gasteiger partial charge on any atom is 0.200 e. The molecule has 3 aromatic rings. The molecule has 3 rings (SSSR count). The zero-order valence-electron chi connectivity index (χ0n) is 11.8. The van der Waals surface area contributed by atoms with Gasteiger partial charge >= 0.3 is 0 Å². The number of phenols is 3. The highest BCUT2D eigenvalue weighted by atomic mass is 16.3. The molecule has 110 valence electrons. The van der Waals surface area contributed by atoms with Crippen molar-refractivity contribution in [3.8, 4) is 17.2 Å². The molecule has 0 atom stereocenters. The number of phenolic OH excluding ortho intramolecular Hbond substituents is 3. The van der Waals surface area contributed by atoms with Gasteiger partial charge in [0.2, 0.25) is 0 Å². The molecule has 3 heteroatoms. The van der Waals surface area contributed by atoms with Gasteiger partial charge in [0.1, 0.15) is 0 Å². The van der Waals surface area contributed by atoms with Crippen molar-refractivity contribution in [1.29, 1.82) is 0 Å². The lowest BCUT2D eigenvalue weighted by molar-refractivity contribution is 0.367. The Morgan fingerprint density at radius 2 is 0.955 bits per heavy atom. The van der Waals surface area contributed by atoms with Crippen LogP contribution in [0, 0.1) is 0 Å². The Hall–Kier alpha value is -2.94. The zero-order chi connectivity index (χ0) is 15.5. The third-order valence-electron chi connectivity index (χ3n) is 3.69.